The lowest BCUT2D eigenvalue weighted by Gasteiger charge is -2.25. The van der Waals surface area contributed by atoms with E-state index in [0.717, 1.165) is 27.8 Å². The zero-order chi connectivity index (χ0) is 27.6. The lowest BCUT2D eigenvalue weighted by atomic mass is 9.98. The first-order valence-corrected chi connectivity index (χ1v) is 13.9. The second kappa shape index (κ2) is 13.8. The van der Waals surface area contributed by atoms with Gasteiger partial charge in [-0.3, -0.25) is 9.59 Å². The van der Waals surface area contributed by atoms with Crippen molar-refractivity contribution in [3.8, 4) is 11.1 Å². The Kier molecular flexibility index (Phi) is 9.99. The van der Waals surface area contributed by atoms with Gasteiger partial charge in [-0.05, 0) is 34.7 Å². The van der Waals surface area contributed by atoms with E-state index < -0.39 is 30.1 Å². The molecule has 0 unspecified atom stereocenters. The number of carboxylic acids is 1. The highest BCUT2D eigenvalue weighted by molar-refractivity contribution is 7.99. The Labute approximate surface area is 232 Å². The molecule has 3 aromatic carbocycles. The summed E-state index contributed by atoms with van der Waals surface area (Å²) in [6.45, 7) is 2.37. The van der Waals surface area contributed by atoms with Crippen molar-refractivity contribution in [3.63, 3.8) is 0 Å². The number of hydrogen-bond acceptors (Lipinski definition) is 6. The molecule has 0 saturated heterocycles. The molecule has 8 nitrogen and oxygen atoms in total. The third kappa shape index (κ3) is 7.61. The summed E-state index contributed by atoms with van der Waals surface area (Å²) in [6.07, 6.45) is -1.37. The standard InChI is InChI=1S/C30H32N2O6S/c1-20(37-17-21-9-3-2-4-10-21)28(29(35)31-15-16-39-19-27(33)34)32-30(36)38-18-26-24-13-7-5-11-22(24)23-12-6-8-14-25(23)26/h2-14,20,26,28H,15-19H2,1H3,(H,31,35)(H,32,36)(H,33,34)/t20-,28+/m0/s1. The van der Waals surface area contributed by atoms with Crippen LogP contribution in [0.2, 0.25) is 0 Å². The number of hydrogen-bond donors (Lipinski definition) is 3. The van der Waals surface area contributed by atoms with E-state index in [-0.39, 0.29) is 31.4 Å². The number of benzene rings is 3. The van der Waals surface area contributed by atoms with Gasteiger partial charge in [0.05, 0.1) is 18.5 Å². The molecule has 9 heteroatoms. The minimum atomic E-state index is -1.01. The molecule has 39 heavy (non-hydrogen) atoms. The molecule has 1 aliphatic rings. The number of amides is 2. The van der Waals surface area contributed by atoms with Gasteiger partial charge in [-0.1, -0.05) is 78.9 Å². The predicted molar refractivity (Wildman–Crippen MR) is 151 cm³/mol. The van der Waals surface area contributed by atoms with Crippen molar-refractivity contribution in [3.05, 3.63) is 95.6 Å². The predicted octanol–water partition coefficient (Wildman–Crippen LogP) is 4.43. The van der Waals surface area contributed by atoms with Gasteiger partial charge in [-0.25, -0.2) is 4.79 Å². The van der Waals surface area contributed by atoms with Crippen molar-refractivity contribution >= 4 is 29.7 Å². The largest absolute Gasteiger partial charge is 0.481 e. The van der Waals surface area contributed by atoms with Gasteiger partial charge in [0.25, 0.3) is 0 Å². The minimum Gasteiger partial charge on any atom is -0.481 e. The molecular weight excluding hydrogens is 516 g/mol. The number of carbonyl (C=O) groups is 3. The van der Waals surface area contributed by atoms with Gasteiger partial charge in [0, 0.05) is 18.2 Å². The molecule has 4 rings (SSSR count). The zero-order valence-corrected chi connectivity index (χ0v) is 22.5. The van der Waals surface area contributed by atoms with Crippen molar-refractivity contribution < 1.29 is 29.0 Å². The van der Waals surface area contributed by atoms with Crippen LogP contribution in [0.5, 0.6) is 0 Å². The number of fused-ring (bicyclic) bond motifs is 3. The topological polar surface area (TPSA) is 114 Å². The molecular formula is C30H32N2O6S. The lowest BCUT2D eigenvalue weighted by molar-refractivity contribution is -0.134. The van der Waals surface area contributed by atoms with Crippen LogP contribution in [0.15, 0.2) is 78.9 Å². The number of rotatable bonds is 13. The van der Waals surface area contributed by atoms with Crippen LogP contribution >= 0.6 is 11.8 Å². The maximum absolute atomic E-state index is 13.0. The third-order valence-corrected chi connectivity index (χ3v) is 7.44. The van der Waals surface area contributed by atoms with Crippen LogP contribution < -0.4 is 10.6 Å². The smallest absolute Gasteiger partial charge is 0.407 e. The molecule has 3 aromatic rings. The summed E-state index contributed by atoms with van der Waals surface area (Å²) in [5.74, 6) is -1.07. The summed E-state index contributed by atoms with van der Waals surface area (Å²) in [6, 6.07) is 24.7. The quantitative estimate of drug-likeness (QED) is 0.271. The lowest BCUT2D eigenvalue weighted by Crippen LogP contribution is -2.53. The molecule has 3 N–H and O–H groups in total. The Morgan fingerprint density at radius 1 is 0.923 bits per heavy atom. The molecule has 1 aliphatic carbocycles. The summed E-state index contributed by atoms with van der Waals surface area (Å²) < 4.78 is 11.6. The summed E-state index contributed by atoms with van der Waals surface area (Å²) in [5.41, 5.74) is 5.39. The number of carboxylic acid groups (broad SMARTS) is 1. The van der Waals surface area contributed by atoms with Crippen molar-refractivity contribution in [1.82, 2.24) is 10.6 Å². The second-order valence-electron chi connectivity index (χ2n) is 9.19. The Morgan fingerprint density at radius 2 is 1.54 bits per heavy atom. The number of nitrogens with one attached hydrogen (secondary N) is 2. The van der Waals surface area contributed by atoms with Crippen molar-refractivity contribution in [2.45, 2.75) is 31.6 Å². The van der Waals surface area contributed by atoms with Crippen LogP contribution in [-0.4, -0.2) is 59.9 Å². The van der Waals surface area contributed by atoms with E-state index >= 15 is 0 Å². The van der Waals surface area contributed by atoms with E-state index in [0.29, 0.717) is 5.75 Å². The third-order valence-electron chi connectivity index (χ3n) is 6.50. The number of thioether (sulfide) groups is 1. The molecule has 0 fully saturated rings. The highest BCUT2D eigenvalue weighted by Gasteiger charge is 2.31. The van der Waals surface area contributed by atoms with E-state index in [1.165, 1.54) is 11.8 Å². The summed E-state index contributed by atoms with van der Waals surface area (Å²) >= 11 is 1.20. The Morgan fingerprint density at radius 3 is 2.18 bits per heavy atom. The molecule has 0 radical (unpaired) electrons. The first-order valence-electron chi connectivity index (χ1n) is 12.8. The van der Waals surface area contributed by atoms with Crippen molar-refractivity contribution in [2.24, 2.45) is 0 Å². The SMILES string of the molecule is C[C@H](OCc1ccccc1)[C@@H](NC(=O)OCC1c2ccccc2-c2ccccc21)C(=O)NCCSCC(=O)O. The van der Waals surface area contributed by atoms with Crippen molar-refractivity contribution in [1.29, 1.82) is 0 Å². The number of alkyl carbamates (subject to hydrolysis) is 1. The van der Waals surface area contributed by atoms with E-state index in [9.17, 15) is 14.4 Å². The van der Waals surface area contributed by atoms with E-state index in [1.807, 2.05) is 66.7 Å². The maximum atomic E-state index is 13.0. The zero-order valence-electron chi connectivity index (χ0n) is 21.7. The Balaban J connectivity index is 1.38. The van der Waals surface area contributed by atoms with E-state index in [2.05, 4.69) is 22.8 Å². The summed E-state index contributed by atoms with van der Waals surface area (Å²) in [5, 5.41) is 14.2. The van der Waals surface area contributed by atoms with Crippen LogP contribution in [0, 0.1) is 0 Å². The first kappa shape index (κ1) is 28.2. The summed E-state index contributed by atoms with van der Waals surface area (Å²) in [4.78, 5) is 36.7. The molecule has 0 heterocycles. The van der Waals surface area contributed by atoms with Gasteiger partial charge in [0.1, 0.15) is 12.6 Å². The van der Waals surface area contributed by atoms with Crippen LogP contribution in [0.4, 0.5) is 4.79 Å². The normalized spacial score (nSPS) is 13.6. The average Bonchev–Trinajstić information content (AvgIpc) is 3.27. The minimum absolute atomic E-state index is 0.0477. The van der Waals surface area contributed by atoms with E-state index in [1.54, 1.807) is 6.92 Å². The fourth-order valence-electron chi connectivity index (χ4n) is 4.58. The van der Waals surface area contributed by atoms with Gasteiger partial charge in [-0.15, -0.1) is 11.8 Å². The van der Waals surface area contributed by atoms with Crippen LogP contribution in [0.25, 0.3) is 11.1 Å². The average molecular weight is 549 g/mol. The highest BCUT2D eigenvalue weighted by atomic mass is 32.2. The molecule has 0 spiro atoms. The fourth-order valence-corrected chi connectivity index (χ4v) is 5.14. The highest BCUT2D eigenvalue weighted by Crippen LogP contribution is 2.44. The molecule has 0 saturated carbocycles. The molecule has 2 amide bonds. The first-order chi connectivity index (χ1) is 18.9. The van der Waals surface area contributed by atoms with Gasteiger partial charge < -0.3 is 25.2 Å². The molecule has 0 aliphatic heterocycles. The van der Waals surface area contributed by atoms with Gasteiger partial charge >= 0.3 is 12.1 Å². The molecule has 2 atom stereocenters. The Hall–Kier alpha value is -3.82. The van der Waals surface area contributed by atoms with Crippen LogP contribution in [0.1, 0.15) is 29.5 Å². The van der Waals surface area contributed by atoms with E-state index in [4.69, 9.17) is 14.6 Å². The maximum Gasteiger partial charge on any atom is 0.407 e. The van der Waals surface area contributed by atoms with Crippen LogP contribution in [-0.2, 0) is 25.7 Å². The number of aliphatic carboxylic acids is 1. The van der Waals surface area contributed by atoms with Crippen LogP contribution in [0.3, 0.4) is 0 Å². The van der Waals surface area contributed by atoms with Gasteiger partial charge in [0.2, 0.25) is 5.91 Å². The van der Waals surface area contributed by atoms with Gasteiger partial charge in [0.15, 0.2) is 0 Å². The number of ether oxygens (including phenoxy) is 2. The monoisotopic (exact) mass is 548 g/mol. The number of carbonyl (C=O) groups excluding carboxylic acids is 2. The van der Waals surface area contributed by atoms with Crippen molar-refractivity contribution in [2.75, 3.05) is 24.7 Å². The fraction of sp³-hybridized carbons (Fsp3) is 0.300. The molecule has 0 bridgehead atoms. The Bertz CT molecular complexity index is 1240. The van der Waals surface area contributed by atoms with Gasteiger partial charge in [-0.2, -0.15) is 0 Å². The summed E-state index contributed by atoms with van der Waals surface area (Å²) in [7, 11) is 0. The molecule has 0 aromatic heterocycles. The molecule has 204 valence electrons. The second-order valence-corrected chi connectivity index (χ2v) is 10.3.